The first-order valence-corrected chi connectivity index (χ1v) is 5.76. The highest BCUT2D eigenvalue weighted by atomic mass is 16.5. The molecule has 4 nitrogen and oxygen atoms in total. The number of nitrogens with one attached hydrogen (secondary N) is 1. The monoisotopic (exact) mass is 237 g/mol. The first-order chi connectivity index (χ1) is 8.11. The number of ether oxygens (including phenoxy) is 2. The van der Waals surface area contributed by atoms with Gasteiger partial charge in [-0.15, -0.1) is 0 Å². The molecule has 0 saturated carbocycles. The smallest absolute Gasteiger partial charge is 0.250 e. The van der Waals surface area contributed by atoms with Gasteiger partial charge in [-0.05, 0) is 45.0 Å². The summed E-state index contributed by atoms with van der Waals surface area (Å²) in [6, 6.07) is 7.27. The third-order valence-electron chi connectivity index (χ3n) is 1.95. The second kappa shape index (κ2) is 6.91. The van der Waals surface area contributed by atoms with Crippen molar-refractivity contribution in [2.75, 3.05) is 18.5 Å². The van der Waals surface area contributed by atoms with E-state index < -0.39 is 0 Å². The molecule has 17 heavy (non-hydrogen) atoms. The number of hydrogen-bond acceptors (Lipinski definition) is 3. The molecule has 0 aromatic heterocycles. The van der Waals surface area contributed by atoms with E-state index >= 15 is 0 Å². The molecule has 1 N–H and O–H groups in total. The summed E-state index contributed by atoms with van der Waals surface area (Å²) in [6.07, 6.45) is 0.147. The number of rotatable bonds is 6. The zero-order valence-electron chi connectivity index (χ0n) is 10.5. The Labute approximate surface area is 102 Å². The number of carbonyl (C=O) groups is 1. The summed E-state index contributed by atoms with van der Waals surface area (Å²) in [5, 5.41) is 2.74. The van der Waals surface area contributed by atoms with Crippen LogP contribution in [0.15, 0.2) is 24.3 Å². The summed E-state index contributed by atoms with van der Waals surface area (Å²) in [5.74, 6) is 0.646. The van der Waals surface area contributed by atoms with Gasteiger partial charge in [-0.1, -0.05) is 0 Å². The molecule has 0 unspecified atom stereocenters. The van der Waals surface area contributed by atoms with E-state index in [9.17, 15) is 4.79 Å². The summed E-state index contributed by atoms with van der Waals surface area (Å²) in [4.78, 5) is 11.4. The van der Waals surface area contributed by atoms with Gasteiger partial charge in [-0.3, -0.25) is 4.79 Å². The topological polar surface area (TPSA) is 47.6 Å². The molecule has 0 bridgehead atoms. The highest BCUT2D eigenvalue weighted by Gasteiger charge is 2.02. The standard InChI is InChI=1S/C13H19NO3/c1-4-16-9-13(15)14-11-5-7-12(8-6-11)17-10(2)3/h5-8,10H,4,9H2,1-3H3,(H,14,15). The van der Waals surface area contributed by atoms with E-state index in [0.717, 1.165) is 11.4 Å². The molecule has 0 radical (unpaired) electrons. The fraction of sp³-hybridized carbons (Fsp3) is 0.462. The maximum Gasteiger partial charge on any atom is 0.250 e. The van der Waals surface area contributed by atoms with E-state index in [1.165, 1.54) is 0 Å². The van der Waals surface area contributed by atoms with Crippen LogP contribution in [0.4, 0.5) is 5.69 Å². The predicted octanol–water partition coefficient (Wildman–Crippen LogP) is 2.45. The Hall–Kier alpha value is -1.55. The lowest BCUT2D eigenvalue weighted by molar-refractivity contribution is -0.120. The SMILES string of the molecule is CCOCC(=O)Nc1ccc(OC(C)C)cc1. The van der Waals surface area contributed by atoms with Crippen molar-refractivity contribution >= 4 is 11.6 Å². The van der Waals surface area contributed by atoms with Crippen LogP contribution in [0.1, 0.15) is 20.8 Å². The molecule has 1 aromatic carbocycles. The number of hydrogen-bond donors (Lipinski definition) is 1. The van der Waals surface area contributed by atoms with E-state index in [4.69, 9.17) is 9.47 Å². The zero-order chi connectivity index (χ0) is 12.7. The lowest BCUT2D eigenvalue weighted by Gasteiger charge is -2.10. The molecule has 0 heterocycles. The van der Waals surface area contributed by atoms with Gasteiger partial charge >= 0.3 is 0 Å². The molecule has 0 fully saturated rings. The highest BCUT2D eigenvalue weighted by molar-refractivity contribution is 5.91. The number of amides is 1. The quantitative estimate of drug-likeness (QED) is 0.826. The lowest BCUT2D eigenvalue weighted by atomic mass is 10.3. The van der Waals surface area contributed by atoms with Crippen molar-refractivity contribution in [1.82, 2.24) is 0 Å². The fourth-order valence-electron chi connectivity index (χ4n) is 1.28. The predicted molar refractivity (Wildman–Crippen MR) is 67.3 cm³/mol. The van der Waals surface area contributed by atoms with E-state index in [1.54, 1.807) is 0 Å². The average molecular weight is 237 g/mol. The van der Waals surface area contributed by atoms with Crippen LogP contribution >= 0.6 is 0 Å². The third kappa shape index (κ3) is 5.36. The van der Waals surface area contributed by atoms with Crippen molar-refractivity contribution in [3.8, 4) is 5.75 Å². The normalized spacial score (nSPS) is 10.4. The van der Waals surface area contributed by atoms with Crippen LogP contribution in [0.2, 0.25) is 0 Å². The van der Waals surface area contributed by atoms with Crippen LogP contribution < -0.4 is 10.1 Å². The second-order valence-electron chi connectivity index (χ2n) is 3.88. The minimum atomic E-state index is -0.149. The number of benzene rings is 1. The molecule has 0 saturated heterocycles. The van der Waals surface area contributed by atoms with Gasteiger partial charge in [0.05, 0.1) is 6.10 Å². The van der Waals surface area contributed by atoms with Gasteiger partial charge in [0.25, 0.3) is 0 Å². The Kier molecular flexibility index (Phi) is 5.49. The Balaban J connectivity index is 2.47. The summed E-state index contributed by atoms with van der Waals surface area (Å²) in [7, 11) is 0. The van der Waals surface area contributed by atoms with E-state index in [2.05, 4.69) is 5.32 Å². The molecular weight excluding hydrogens is 218 g/mol. The maximum atomic E-state index is 11.4. The Morgan fingerprint density at radius 3 is 2.47 bits per heavy atom. The van der Waals surface area contributed by atoms with Gasteiger partial charge in [0.2, 0.25) is 5.91 Å². The summed E-state index contributed by atoms with van der Waals surface area (Å²) >= 11 is 0. The molecular formula is C13H19NO3. The average Bonchev–Trinajstić information content (AvgIpc) is 2.28. The van der Waals surface area contributed by atoms with Crippen LogP contribution in [0.25, 0.3) is 0 Å². The van der Waals surface area contributed by atoms with Crippen LogP contribution in [-0.4, -0.2) is 25.2 Å². The summed E-state index contributed by atoms with van der Waals surface area (Å²) in [5.41, 5.74) is 0.741. The van der Waals surface area contributed by atoms with Gasteiger partial charge in [0.15, 0.2) is 0 Å². The van der Waals surface area contributed by atoms with Crippen LogP contribution in [0.3, 0.4) is 0 Å². The van der Waals surface area contributed by atoms with Gasteiger partial charge < -0.3 is 14.8 Å². The second-order valence-corrected chi connectivity index (χ2v) is 3.88. The van der Waals surface area contributed by atoms with Gasteiger partial charge in [-0.25, -0.2) is 0 Å². The number of anilines is 1. The molecule has 1 rings (SSSR count). The molecule has 1 aromatic rings. The van der Waals surface area contributed by atoms with Crippen molar-refractivity contribution in [2.24, 2.45) is 0 Å². The molecule has 0 spiro atoms. The van der Waals surface area contributed by atoms with Crippen LogP contribution in [0, 0.1) is 0 Å². The van der Waals surface area contributed by atoms with E-state index in [0.29, 0.717) is 6.61 Å². The summed E-state index contributed by atoms with van der Waals surface area (Å²) < 4.78 is 10.5. The van der Waals surface area contributed by atoms with E-state index in [-0.39, 0.29) is 18.6 Å². The maximum absolute atomic E-state index is 11.4. The molecule has 0 aliphatic rings. The third-order valence-corrected chi connectivity index (χ3v) is 1.95. The Bertz CT molecular complexity index is 346. The molecule has 0 atom stereocenters. The van der Waals surface area contributed by atoms with Crippen molar-refractivity contribution in [3.63, 3.8) is 0 Å². The zero-order valence-corrected chi connectivity index (χ0v) is 10.5. The first kappa shape index (κ1) is 13.5. The molecule has 0 aliphatic heterocycles. The largest absolute Gasteiger partial charge is 0.491 e. The molecule has 1 amide bonds. The van der Waals surface area contributed by atoms with Crippen molar-refractivity contribution in [2.45, 2.75) is 26.9 Å². The minimum absolute atomic E-state index is 0.0841. The van der Waals surface area contributed by atoms with Crippen molar-refractivity contribution < 1.29 is 14.3 Å². The van der Waals surface area contributed by atoms with E-state index in [1.807, 2.05) is 45.0 Å². The molecule has 0 aliphatic carbocycles. The fourth-order valence-corrected chi connectivity index (χ4v) is 1.28. The Morgan fingerprint density at radius 1 is 1.29 bits per heavy atom. The van der Waals surface area contributed by atoms with Gasteiger partial charge in [0, 0.05) is 12.3 Å². The number of carbonyl (C=O) groups excluding carboxylic acids is 1. The Morgan fingerprint density at radius 2 is 1.94 bits per heavy atom. The van der Waals surface area contributed by atoms with Crippen molar-refractivity contribution in [1.29, 1.82) is 0 Å². The van der Waals surface area contributed by atoms with Crippen molar-refractivity contribution in [3.05, 3.63) is 24.3 Å². The molecule has 4 heteroatoms. The first-order valence-electron chi connectivity index (χ1n) is 5.76. The van der Waals surface area contributed by atoms with Crippen LogP contribution in [-0.2, 0) is 9.53 Å². The minimum Gasteiger partial charge on any atom is -0.491 e. The lowest BCUT2D eigenvalue weighted by Crippen LogP contribution is -2.18. The van der Waals surface area contributed by atoms with Gasteiger partial charge in [0.1, 0.15) is 12.4 Å². The van der Waals surface area contributed by atoms with Crippen LogP contribution in [0.5, 0.6) is 5.75 Å². The van der Waals surface area contributed by atoms with Gasteiger partial charge in [-0.2, -0.15) is 0 Å². The molecule has 94 valence electrons. The summed E-state index contributed by atoms with van der Waals surface area (Å²) in [6.45, 7) is 6.41. The highest BCUT2D eigenvalue weighted by Crippen LogP contribution is 2.16.